The Bertz CT molecular complexity index is 1010. The molecule has 2 aromatic carbocycles. The molecule has 3 aromatic rings. The van der Waals surface area contributed by atoms with Crippen molar-refractivity contribution >= 4 is 17.5 Å². The average molecular weight is 412 g/mol. The van der Waals surface area contributed by atoms with Gasteiger partial charge < -0.3 is 9.64 Å². The van der Waals surface area contributed by atoms with Crippen molar-refractivity contribution in [2.24, 2.45) is 0 Å². The summed E-state index contributed by atoms with van der Waals surface area (Å²) >= 11 is 6.13. The second-order valence-electron chi connectivity index (χ2n) is 6.80. The molecule has 4 rings (SSSR count). The van der Waals surface area contributed by atoms with Gasteiger partial charge in [-0.1, -0.05) is 35.9 Å². The molecule has 1 aliphatic rings. The topological polar surface area (TPSA) is 55.3 Å². The molecule has 7 heteroatoms. The third-order valence-corrected chi connectivity index (χ3v) is 5.05. The minimum absolute atomic E-state index is 0.0295. The fourth-order valence-electron chi connectivity index (χ4n) is 3.37. The van der Waals surface area contributed by atoms with E-state index in [0.29, 0.717) is 36.1 Å². The molecular weight excluding hydrogens is 393 g/mol. The summed E-state index contributed by atoms with van der Waals surface area (Å²) in [6.07, 6.45) is 3.07. The predicted molar refractivity (Wildman–Crippen MR) is 108 cm³/mol. The summed E-state index contributed by atoms with van der Waals surface area (Å²) in [5, 5.41) is 0.611. The van der Waals surface area contributed by atoms with E-state index in [-0.39, 0.29) is 24.2 Å². The van der Waals surface area contributed by atoms with Crippen LogP contribution < -0.4 is 0 Å². The maximum atomic E-state index is 13.1. The Labute approximate surface area is 173 Å². The summed E-state index contributed by atoms with van der Waals surface area (Å²) in [6.45, 7) is 1.29. The summed E-state index contributed by atoms with van der Waals surface area (Å²) < 4.78 is 19.0. The molecule has 29 heavy (non-hydrogen) atoms. The Kier molecular flexibility index (Phi) is 5.83. The zero-order valence-electron chi connectivity index (χ0n) is 15.6. The molecule has 0 saturated carbocycles. The summed E-state index contributed by atoms with van der Waals surface area (Å²) in [6, 6.07) is 13.4. The number of morpholine rings is 1. The molecule has 148 valence electrons. The fourth-order valence-corrected chi connectivity index (χ4v) is 3.56. The number of benzene rings is 2. The van der Waals surface area contributed by atoms with Crippen molar-refractivity contribution in [2.75, 3.05) is 19.7 Å². The molecule has 1 fully saturated rings. The van der Waals surface area contributed by atoms with E-state index in [1.54, 1.807) is 35.5 Å². The SMILES string of the molecule is O=C(Cc1ccc(F)cc1)N1CCOC(c2nccnc2-c2cccc(Cl)c2)C1. The van der Waals surface area contributed by atoms with Gasteiger partial charge in [0.25, 0.3) is 0 Å². The third-order valence-electron chi connectivity index (χ3n) is 4.82. The van der Waals surface area contributed by atoms with Gasteiger partial charge in [-0.25, -0.2) is 4.39 Å². The van der Waals surface area contributed by atoms with Crippen molar-refractivity contribution in [1.82, 2.24) is 14.9 Å². The summed E-state index contributed by atoms with van der Waals surface area (Å²) in [4.78, 5) is 23.5. The second kappa shape index (κ2) is 8.68. The first-order valence-corrected chi connectivity index (χ1v) is 9.68. The lowest BCUT2D eigenvalue weighted by Gasteiger charge is -2.33. The van der Waals surface area contributed by atoms with Crippen molar-refractivity contribution in [3.63, 3.8) is 0 Å². The minimum Gasteiger partial charge on any atom is -0.368 e. The zero-order chi connectivity index (χ0) is 20.2. The van der Waals surface area contributed by atoms with Crippen molar-refractivity contribution in [2.45, 2.75) is 12.5 Å². The Hall–Kier alpha value is -2.83. The molecule has 1 unspecified atom stereocenters. The molecule has 5 nitrogen and oxygen atoms in total. The van der Waals surface area contributed by atoms with Crippen LogP contribution in [0.5, 0.6) is 0 Å². The molecule has 1 amide bonds. The monoisotopic (exact) mass is 411 g/mol. The molecule has 1 saturated heterocycles. The number of halogens is 2. The largest absolute Gasteiger partial charge is 0.368 e. The highest BCUT2D eigenvalue weighted by atomic mass is 35.5. The number of carbonyl (C=O) groups excluding carboxylic acids is 1. The summed E-state index contributed by atoms with van der Waals surface area (Å²) in [5.74, 6) is -0.345. The number of hydrogen-bond donors (Lipinski definition) is 0. The quantitative estimate of drug-likeness (QED) is 0.649. The Balaban J connectivity index is 1.53. The molecule has 2 heterocycles. The maximum absolute atomic E-state index is 13.1. The van der Waals surface area contributed by atoms with Crippen molar-refractivity contribution in [3.8, 4) is 11.3 Å². The normalized spacial score (nSPS) is 16.6. The first-order chi connectivity index (χ1) is 14.1. The van der Waals surface area contributed by atoms with Crippen LogP contribution in [0.25, 0.3) is 11.3 Å². The smallest absolute Gasteiger partial charge is 0.227 e. The highest BCUT2D eigenvalue weighted by Gasteiger charge is 2.28. The van der Waals surface area contributed by atoms with Gasteiger partial charge in [-0.2, -0.15) is 0 Å². The van der Waals surface area contributed by atoms with Gasteiger partial charge in [0, 0.05) is 29.5 Å². The lowest BCUT2D eigenvalue weighted by Crippen LogP contribution is -2.43. The Morgan fingerprint density at radius 3 is 2.76 bits per heavy atom. The van der Waals surface area contributed by atoms with Gasteiger partial charge in [-0.05, 0) is 29.8 Å². The molecule has 1 atom stereocenters. The lowest BCUT2D eigenvalue weighted by molar-refractivity contribution is -0.138. The highest BCUT2D eigenvalue weighted by molar-refractivity contribution is 6.30. The van der Waals surface area contributed by atoms with E-state index in [9.17, 15) is 9.18 Å². The molecule has 0 bridgehead atoms. The van der Waals surface area contributed by atoms with Gasteiger partial charge in [0.05, 0.1) is 31.0 Å². The standard InChI is InChI=1S/C22H19ClFN3O2/c23-17-3-1-2-16(13-17)21-22(26-9-8-25-21)19-14-27(10-11-29-19)20(28)12-15-4-6-18(24)7-5-15/h1-9,13,19H,10-12,14H2. The van der Waals surface area contributed by atoms with E-state index in [1.165, 1.54) is 12.1 Å². The number of carbonyl (C=O) groups is 1. The van der Waals surface area contributed by atoms with Gasteiger partial charge >= 0.3 is 0 Å². The Morgan fingerprint density at radius 1 is 1.17 bits per heavy atom. The molecule has 1 aliphatic heterocycles. The first kappa shape index (κ1) is 19.5. The van der Waals surface area contributed by atoms with Crippen molar-refractivity contribution in [1.29, 1.82) is 0 Å². The molecule has 1 aromatic heterocycles. The minimum atomic E-state index is -0.386. The maximum Gasteiger partial charge on any atom is 0.227 e. The fraction of sp³-hybridized carbons (Fsp3) is 0.227. The molecule has 0 spiro atoms. The average Bonchev–Trinajstić information content (AvgIpc) is 2.75. The molecule has 0 radical (unpaired) electrons. The van der Waals surface area contributed by atoms with E-state index in [1.807, 2.05) is 18.2 Å². The van der Waals surface area contributed by atoms with E-state index in [4.69, 9.17) is 16.3 Å². The third kappa shape index (κ3) is 4.60. The van der Waals surface area contributed by atoms with Crippen molar-refractivity contribution < 1.29 is 13.9 Å². The van der Waals surface area contributed by atoms with Crippen molar-refractivity contribution in [3.05, 3.63) is 83.0 Å². The first-order valence-electron chi connectivity index (χ1n) is 9.31. The van der Waals surface area contributed by atoms with Crippen LogP contribution in [0.1, 0.15) is 17.4 Å². The van der Waals surface area contributed by atoms with Crippen LogP contribution in [0.4, 0.5) is 4.39 Å². The number of aromatic nitrogens is 2. The number of ether oxygens (including phenoxy) is 1. The molecular formula is C22H19ClFN3O2. The van der Waals surface area contributed by atoms with Crippen LogP contribution in [0.3, 0.4) is 0 Å². The predicted octanol–water partition coefficient (Wildman–Crippen LogP) is 4.08. The van der Waals surface area contributed by atoms with Gasteiger partial charge in [-0.15, -0.1) is 0 Å². The second-order valence-corrected chi connectivity index (χ2v) is 7.24. The molecule has 0 aliphatic carbocycles. The van der Waals surface area contributed by atoms with Crippen LogP contribution in [0.15, 0.2) is 60.9 Å². The van der Waals surface area contributed by atoms with Crippen LogP contribution in [0, 0.1) is 5.82 Å². The summed E-state index contributed by atoms with van der Waals surface area (Å²) in [7, 11) is 0. The van der Waals surface area contributed by atoms with E-state index < -0.39 is 0 Å². The van der Waals surface area contributed by atoms with Crippen LogP contribution >= 0.6 is 11.6 Å². The van der Waals surface area contributed by atoms with Gasteiger partial charge in [0.15, 0.2) is 0 Å². The number of rotatable bonds is 4. The van der Waals surface area contributed by atoms with Crippen LogP contribution in [-0.4, -0.2) is 40.5 Å². The number of hydrogen-bond acceptors (Lipinski definition) is 4. The summed E-state index contributed by atoms with van der Waals surface area (Å²) in [5.41, 5.74) is 2.99. The van der Waals surface area contributed by atoms with Crippen LogP contribution in [-0.2, 0) is 16.0 Å². The van der Waals surface area contributed by atoms with E-state index in [0.717, 1.165) is 11.1 Å². The van der Waals surface area contributed by atoms with E-state index >= 15 is 0 Å². The molecule has 0 N–H and O–H groups in total. The number of amides is 1. The zero-order valence-corrected chi connectivity index (χ0v) is 16.3. The Morgan fingerprint density at radius 2 is 1.97 bits per heavy atom. The highest BCUT2D eigenvalue weighted by Crippen LogP contribution is 2.30. The van der Waals surface area contributed by atoms with Crippen LogP contribution in [0.2, 0.25) is 5.02 Å². The van der Waals surface area contributed by atoms with Gasteiger partial charge in [0.2, 0.25) is 5.91 Å². The lowest BCUT2D eigenvalue weighted by atomic mass is 10.0. The van der Waals surface area contributed by atoms with Gasteiger partial charge in [-0.3, -0.25) is 14.8 Å². The van der Waals surface area contributed by atoms with Gasteiger partial charge in [0.1, 0.15) is 11.9 Å². The number of nitrogens with zero attached hydrogens (tertiary/aromatic N) is 3. The van der Waals surface area contributed by atoms with E-state index in [2.05, 4.69) is 9.97 Å².